The van der Waals surface area contributed by atoms with E-state index in [9.17, 15) is 4.79 Å². The van der Waals surface area contributed by atoms with Crippen molar-refractivity contribution in [2.24, 2.45) is 0 Å². The zero-order chi connectivity index (χ0) is 15.4. The lowest BCUT2D eigenvalue weighted by Gasteiger charge is -2.21. The van der Waals surface area contributed by atoms with Gasteiger partial charge < -0.3 is 9.64 Å². The van der Waals surface area contributed by atoms with Gasteiger partial charge in [-0.05, 0) is 48.6 Å². The Kier molecular flexibility index (Phi) is 4.40. The first-order valence-corrected chi connectivity index (χ1v) is 8.09. The van der Waals surface area contributed by atoms with Gasteiger partial charge in [0.1, 0.15) is 5.75 Å². The summed E-state index contributed by atoms with van der Waals surface area (Å²) in [6.07, 6.45) is 2.15. The van der Waals surface area contributed by atoms with Crippen LogP contribution in [0.15, 0.2) is 41.8 Å². The Bertz CT molecular complexity index is 670. The quantitative estimate of drug-likeness (QED) is 0.823. The highest BCUT2D eigenvalue weighted by molar-refractivity contribution is 7.09. The summed E-state index contributed by atoms with van der Waals surface area (Å²) in [7, 11) is 0. The zero-order valence-electron chi connectivity index (χ0n) is 12.1. The Morgan fingerprint density at radius 2 is 2.09 bits per heavy atom. The number of nitriles is 1. The topological polar surface area (TPSA) is 53.3 Å². The van der Waals surface area contributed by atoms with Gasteiger partial charge in [-0.2, -0.15) is 5.26 Å². The van der Waals surface area contributed by atoms with Crippen LogP contribution in [0, 0.1) is 11.3 Å². The van der Waals surface area contributed by atoms with Crippen LogP contribution in [-0.4, -0.2) is 23.5 Å². The lowest BCUT2D eigenvalue weighted by atomic mass is 10.2. The van der Waals surface area contributed by atoms with E-state index in [1.165, 1.54) is 4.88 Å². The average Bonchev–Trinajstić information content (AvgIpc) is 3.27. The van der Waals surface area contributed by atoms with Gasteiger partial charge in [-0.15, -0.1) is 11.3 Å². The molecule has 0 atom stereocenters. The molecule has 5 heteroatoms. The van der Waals surface area contributed by atoms with Gasteiger partial charge in [0.05, 0.1) is 18.2 Å². The highest BCUT2D eigenvalue weighted by atomic mass is 32.1. The molecular weight excluding hydrogens is 296 g/mol. The van der Waals surface area contributed by atoms with Crippen LogP contribution >= 0.6 is 11.3 Å². The van der Waals surface area contributed by atoms with Gasteiger partial charge in [0.15, 0.2) is 6.61 Å². The average molecular weight is 312 g/mol. The Labute approximate surface area is 133 Å². The van der Waals surface area contributed by atoms with Crippen molar-refractivity contribution in [3.63, 3.8) is 0 Å². The number of amides is 1. The van der Waals surface area contributed by atoms with Gasteiger partial charge in [-0.25, -0.2) is 0 Å². The SMILES string of the molecule is N#Cc1ccc(OCC(=O)N(Cc2cccs2)C2CC2)cc1. The Morgan fingerprint density at radius 1 is 1.32 bits per heavy atom. The first kappa shape index (κ1) is 14.6. The second kappa shape index (κ2) is 6.63. The zero-order valence-corrected chi connectivity index (χ0v) is 12.9. The minimum Gasteiger partial charge on any atom is -0.484 e. The Morgan fingerprint density at radius 3 is 2.68 bits per heavy atom. The van der Waals surface area contributed by atoms with Crippen LogP contribution in [0.1, 0.15) is 23.3 Å². The molecule has 0 spiro atoms. The number of carbonyl (C=O) groups excluding carboxylic acids is 1. The number of thiophene rings is 1. The second-order valence-electron chi connectivity index (χ2n) is 5.26. The van der Waals surface area contributed by atoms with E-state index in [-0.39, 0.29) is 12.5 Å². The summed E-state index contributed by atoms with van der Waals surface area (Å²) in [5.74, 6) is 0.625. The standard InChI is InChI=1S/C17H16N2O2S/c18-10-13-3-7-15(8-4-13)21-12-17(20)19(14-5-6-14)11-16-2-1-9-22-16/h1-4,7-9,14H,5-6,11-12H2. The maximum absolute atomic E-state index is 12.4. The molecule has 0 aliphatic heterocycles. The second-order valence-corrected chi connectivity index (χ2v) is 6.29. The molecule has 4 nitrogen and oxygen atoms in total. The van der Waals surface area contributed by atoms with Crippen LogP contribution in [0.5, 0.6) is 5.75 Å². The largest absolute Gasteiger partial charge is 0.484 e. The molecule has 1 amide bonds. The number of hydrogen-bond donors (Lipinski definition) is 0. The highest BCUT2D eigenvalue weighted by Gasteiger charge is 2.32. The van der Waals surface area contributed by atoms with Crippen molar-refractivity contribution < 1.29 is 9.53 Å². The summed E-state index contributed by atoms with van der Waals surface area (Å²) in [4.78, 5) is 15.5. The van der Waals surface area contributed by atoms with Crippen LogP contribution in [0.2, 0.25) is 0 Å². The summed E-state index contributed by atoms with van der Waals surface area (Å²) in [5, 5.41) is 10.8. The minimum absolute atomic E-state index is 0.0141. The molecule has 22 heavy (non-hydrogen) atoms. The Hall–Kier alpha value is -2.32. The van der Waals surface area contributed by atoms with E-state index in [1.54, 1.807) is 35.6 Å². The molecule has 1 aromatic heterocycles. The van der Waals surface area contributed by atoms with E-state index in [2.05, 4.69) is 12.1 Å². The normalized spacial score (nSPS) is 13.4. The van der Waals surface area contributed by atoms with Crippen LogP contribution in [0.4, 0.5) is 0 Å². The van der Waals surface area contributed by atoms with Crippen LogP contribution in [0.3, 0.4) is 0 Å². The molecule has 0 N–H and O–H groups in total. The van der Waals surface area contributed by atoms with Crippen LogP contribution in [-0.2, 0) is 11.3 Å². The minimum atomic E-state index is 0.0141. The number of hydrogen-bond acceptors (Lipinski definition) is 4. The molecule has 0 unspecified atom stereocenters. The van der Waals surface area contributed by atoms with Crippen molar-refractivity contribution in [3.05, 3.63) is 52.2 Å². The van der Waals surface area contributed by atoms with Gasteiger partial charge in [0, 0.05) is 10.9 Å². The third-order valence-electron chi connectivity index (χ3n) is 3.56. The fourth-order valence-electron chi connectivity index (χ4n) is 2.23. The van der Waals surface area contributed by atoms with Gasteiger partial charge in [0.25, 0.3) is 5.91 Å². The fourth-order valence-corrected chi connectivity index (χ4v) is 2.93. The molecule has 0 bridgehead atoms. The summed E-state index contributed by atoms with van der Waals surface area (Å²) in [5.41, 5.74) is 0.580. The lowest BCUT2D eigenvalue weighted by Crippen LogP contribution is -2.36. The maximum atomic E-state index is 12.4. The fraction of sp³-hybridized carbons (Fsp3) is 0.294. The molecule has 1 aromatic carbocycles. The van der Waals surface area contributed by atoms with E-state index in [1.807, 2.05) is 16.3 Å². The number of carbonyl (C=O) groups is 1. The number of rotatable bonds is 6. The van der Waals surface area contributed by atoms with Crippen molar-refractivity contribution >= 4 is 17.2 Å². The summed E-state index contributed by atoms with van der Waals surface area (Å²) in [6, 6.07) is 13.3. The van der Waals surface area contributed by atoms with Crippen LogP contribution < -0.4 is 4.74 Å². The van der Waals surface area contributed by atoms with Crippen molar-refractivity contribution in [1.82, 2.24) is 4.90 Å². The monoisotopic (exact) mass is 312 g/mol. The van der Waals surface area contributed by atoms with Crippen LogP contribution in [0.25, 0.3) is 0 Å². The number of nitrogens with zero attached hydrogens (tertiary/aromatic N) is 2. The van der Waals surface area contributed by atoms with Gasteiger partial charge in [-0.3, -0.25) is 4.79 Å². The van der Waals surface area contributed by atoms with E-state index in [4.69, 9.17) is 10.00 Å². The summed E-state index contributed by atoms with van der Waals surface area (Å²) >= 11 is 1.67. The van der Waals surface area contributed by atoms with Crippen molar-refractivity contribution in [2.45, 2.75) is 25.4 Å². The smallest absolute Gasteiger partial charge is 0.261 e. The molecule has 1 aliphatic rings. The van der Waals surface area contributed by atoms with Gasteiger partial charge in [-0.1, -0.05) is 6.07 Å². The number of ether oxygens (including phenoxy) is 1. The molecule has 0 radical (unpaired) electrons. The molecule has 1 fully saturated rings. The summed E-state index contributed by atoms with van der Waals surface area (Å²) < 4.78 is 5.55. The first-order chi connectivity index (χ1) is 10.8. The molecule has 1 saturated carbocycles. The molecule has 1 aliphatic carbocycles. The van der Waals surface area contributed by atoms with Gasteiger partial charge >= 0.3 is 0 Å². The third kappa shape index (κ3) is 3.66. The molecule has 112 valence electrons. The molecule has 3 rings (SSSR count). The summed E-state index contributed by atoms with van der Waals surface area (Å²) in [6.45, 7) is 0.700. The predicted octanol–water partition coefficient (Wildman–Crippen LogP) is 3.19. The third-order valence-corrected chi connectivity index (χ3v) is 4.42. The maximum Gasteiger partial charge on any atom is 0.261 e. The number of benzene rings is 1. The van der Waals surface area contributed by atoms with Crippen molar-refractivity contribution in [3.8, 4) is 11.8 Å². The highest BCUT2D eigenvalue weighted by Crippen LogP contribution is 2.29. The van der Waals surface area contributed by atoms with E-state index in [0.29, 0.717) is 23.9 Å². The van der Waals surface area contributed by atoms with E-state index >= 15 is 0 Å². The van der Waals surface area contributed by atoms with Crippen molar-refractivity contribution in [2.75, 3.05) is 6.61 Å². The molecule has 2 aromatic rings. The first-order valence-electron chi connectivity index (χ1n) is 7.21. The molecule has 0 saturated heterocycles. The Balaban J connectivity index is 1.58. The van der Waals surface area contributed by atoms with E-state index < -0.39 is 0 Å². The lowest BCUT2D eigenvalue weighted by molar-refractivity contribution is -0.134. The van der Waals surface area contributed by atoms with Crippen molar-refractivity contribution in [1.29, 1.82) is 5.26 Å². The molecular formula is C17H16N2O2S. The predicted molar refractivity (Wildman–Crippen MR) is 84.5 cm³/mol. The van der Waals surface area contributed by atoms with Gasteiger partial charge in [0.2, 0.25) is 0 Å². The van der Waals surface area contributed by atoms with E-state index in [0.717, 1.165) is 12.8 Å². The molecule has 1 heterocycles.